The van der Waals surface area contributed by atoms with E-state index >= 15 is 0 Å². The number of imidazole rings is 1. The van der Waals surface area contributed by atoms with Gasteiger partial charge in [-0.05, 0) is 31.2 Å². The molecular weight excluding hydrogens is 274 g/mol. The van der Waals surface area contributed by atoms with E-state index in [4.69, 9.17) is 15.0 Å². The number of nitriles is 1. The minimum atomic E-state index is -0.187. The van der Waals surface area contributed by atoms with Crippen LogP contribution in [0.4, 0.5) is 0 Å². The van der Waals surface area contributed by atoms with Crippen LogP contribution in [0.1, 0.15) is 25.3 Å². The van der Waals surface area contributed by atoms with Gasteiger partial charge in [-0.3, -0.25) is 0 Å². The number of nitrogens with zero attached hydrogens (tertiary/aromatic N) is 3. The molecule has 1 atom stereocenters. The van der Waals surface area contributed by atoms with E-state index in [1.807, 2.05) is 61.5 Å². The maximum Gasteiger partial charge on any atom is 0.153 e. The summed E-state index contributed by atoms with van der Waals surface area (Å²) in [5.74, 6) is 1.66. The number of hydrogen-bond donors (Lipinski definition) is 0. The van der Waals surface area contributed by atoms with Gasteiger partial charge in [0.15, 0.2) is 11.9 Å². The van der Waals surface area contributed by atoms with Crippen LogP contribution in [0.3, 0.4) is 0 Å². The Bertz CT molecular complexity index is 802. The highest BCUT2D eigenvalue weighted by atomic mass is 16.5. The molecule has 0 radical (unpaired) electrons. The summed E-state index contributed by atoms with van der Waals surface area (Å²) in [7, 11) is 0. The average Bonchev–Trinajstić information content (AvgIpc) is 2.92. The maximum absolute atomic E-state index is 8.89. The monoisotopic (exact) mass is 291 g/mol. The Hall–Kier alpha value is -2.80. The Morgan fingerprint density at radius 3 is 2.64 bits per heavy atom. The number of fused-ring (bicyclic) bond motifs is 1. The molecule has 1 aromatic heterocycles. The van der Waals surface area contributed by atoms with Crippen molar-refractivity contribution in [1.82, 2.24) is 9.55 Å². The Morgan fingerprint density at radius 2 is 1.86 bits per heavy atom. The SMILES string of the molecule is C[C@H](Oc1ccccc1)c1nc2ccccc2n1CCC#N. The highest BCUT2D eigenvalue weighted by Crippen LogP contribution is 2.25. The number of aromatic nitrogens is 2. The lowest BCUT2D eigenvalue weighted by Gasteiger charge is -2.16. The second-order valence-electron chi connectivity index (χ2n) is 5.09. The van der Waals surface area contributed by atoms with Gasteiger partial charge in [-0.25, -0.2) is 4.98 Å². The lowest BCUT2D eigenvalue weighted by Crippen LogP contribution is -2.12. The highest BCUT2D eigenvalue weighted by molar-refractivity contribution is 5.76. The zero-order valence-corrected chi connectivity index (χ0v) is 12.4. The van der Waals surface area contributed by atoms with Gasteiger partial charge in [-0.1, -0.05) is 30.3 Å². The maximum atomic E-state index is 8.89. The topological polar surface area (TPSA) is 50.8 Å². The molecule has 22 heavy (non-hydrogen) atoms. The number of rotatable bonds is 5. The van der Waals surface area contributed by atoms with Crippen molar-refractivity contribution in [2.24, 2.45) is 0 Å². The van der Waals surface area contributed by atoms with Crippen molar-refractivity contribution in [3.8, 4) is 11.8 Å². The van der Waals surface area contributed by atoms with Crippen molar-refractivity contribution in [2.45, 2.75) is 26.0 Å². The molecule has 3 aromatic rings. The molecule has 0 bridgehead atoms. The molecule has 0 unspecified atom stereocenters. The van der Waals surface area contributed by atoms with Crippen LogP contribution >= 0.6 is 0 Å². The fourth-order valence-corrected chi connectivity index (χ4v) is 2.56. The molecule has 0 aliphatic heterocycles. The van der Waals surface area contributed by atoms with E-state index in [1.54, 1.807) is 0 Å². The van der Waals surface area contributed by atoms with Gasteiger partial charge in [0, 0.05) is 6.54 Å². The summed E-state index contributed by atoms with van der Waals surface area (Å²) in [6, 6.07) is 19.9. The minimum absolute atomic E-state index is 0.187. The van der Waals surface area contributed by atoms with Gasteiger partial charge in [0.05, 0.1) is 23.5 Å². The van der Waals surface area contributed by atoms with Crippen LogP contribution in [0.2, 0.25) is 0 Å². The van der Waals surface area contributed by atoms with E-state index in [0.717, 1.165) is 22.6 Å². The van der Waals surface area contributed by atoms with Crippen LogP contribution in [0, 0.1) is 11.3 Å². The fraction of sp³-hybridized carbons (Fsp3) is 0.222. The smallest absolute Gasteiger partial charge is 0.153 e. The van der Waals surface area contributed by atoms with Crippen molar-refractivity contribution < 1.29 is 4.74 Å². The van der Waals surface area contributed by atoms with Gasteiger partial charge in [-0.2, -0.15) is 5.26 Å². The first-order chi connectivity index (χ1) is 10.8. The molecule has 0 saturated heterocycles. The molecule has 0 aliphatic rings. The molecule has 0 saturated carbocycles. The molecule has 0 amide bonds. The summed E-state index contributed by atoms with van der Waals surface area (Å²) < 4.78 is 8.06. The summed E-state index contributed by atoms with van der Waals surface area (Å²) in [4.78, 5) is 4.69. The number of benzene rings is 2. The summed E-state index contributed by atoms with van der Waals surface area (Å²) in [5, 5.41) is 8.89. The fourth-order valence-electron chi connectivity index (χ4n) is 2.56. The van der Waals surface area contributed by atoms with Gasteiger partial charge in [0.2, 0.25) is 0 Å². The predicted molar refractivity (Wildman–Crippen MR) is 85.4 cm³/mol. The number of para-hydroxylation sites is 3. The standard InChI is InChI=1S/C18H17N3O/c1-14(22-15-8-3-2-4-9-15)18-20-16-10-5-6-11-17(16)21(18)13-7-12-19/h2-6,8-11,14H,7,13H2,1H3/t14-/m0/s1. The predicted octanol–water partition coefficient (Wildman–Crippen LogP) is 4.09. The number of aryl methyl sites for hydroxylation is 1. The second-order valence-corrected chi connectivity index (χ2v) is 5.09. The lowest BCUT2D eigenvalue weighted by molar-refractivity contribution is 0.211. The quantitative estimate of drug-likeness (QED) is 0.711. The highest BCUT2D eigenvalue weighted by Gasteiger charge is 2.17. The van der Waals surface area contributed by atoms with Crippen LogP contribution in [0.15, 0.2) is 54.6 Å². The van der Waals surface area contributed by atoms with Crippen molar-refractivity contribution in [1.29, 1.82) is 5.26 Å². The Balaban J connectivity index is 1.96. The molecule has 0 fully saturated rings. The Morgan fingerprint density at radius 1 is 1.14 bits per heavy atom. The summed E-state index contributed by atoms with van der Waals surface area (Å²) >= 11 is 0. The minimum Gasteiger partial charge on any atom is -0.483 e. The lowest BCUT2D eigenvalue weighted by atomic mass is 10.3. The van der Waals surface area contributed by atoms with Crippen LogP contribution in [0.25, 0.3) is 11.0 Å². The molecule has 1 heterocycles. The van der Waals surface area contributed by atoms with Crippen molar-refractivity contribution in [3.63, 3.8) is 0 Å². The van der Waals surface area contributed by atoms with Crippen molar-refractivity contribution in [2.75, 3.05) is 0 Å². The van der Waals surface area contributed by atoms with Crippen LogP contribution < -0.4 is 4.74 Å². The second kappa shape index (κ2) is 6.31. The van der Waals surface area contributed by atoms with Gasteiger partial charge < -0.3 is 9.30 Å². The molecule has 3 rings (SSSR count). The largest absolute Gasteiger partial charge is 0.483 e. The van der Waals surface area contributed by atoms with Crippen molar-refractivity contribution in [3.05, 3.63) is 60.4 Å². The zero-order chi connectivity index (χ0) is 15.4. The Kier molecular flexibility index (Phi) is 4.06. The first kappa shape index (κ1) is 14.2. The van der Waals surface area contributed by atoms with Crippen LogP contribution in [-0.4, -0.2) is 9.55 Å². The average molecular weight is 291 g/mol. The third kappa shape index (κ3) is 2.79. The first-order valence-electron chi connectivity index (χ1n) is 7.33. The molecule has 4 heteroatoms. The zero-order valence-electron chi connectivity index (χ0n) is 12.4. The molecule has 110 valence electrons. The van der Waals surface area contributed by atoms with Gasteiger partial charge in [0.25, 0.3) is 0 Å². The number of ether oxygens (including phenoxy) is 1. The van der Waals surface area contributed by atoms with E-state index in [2.05, 4.69) is 10.6 Å². The third-order valence-electron chi connectivity index (χ3n) is 3.55. The summed E-state index contributed by atoms with van der Waals surface area (Å²) in [6.07, 6.45) is 0.263. The molecule has 0 aliphatic carbocycles. The molecular formula is C18H17N3O. The van der Waals surface area contributed by atoms with E-state index in [1.165, 1.54) is 0 Å². The summed E-state index contributed by atoms with van der Waals surface area (Å²) in [6.45, 7) is 2.60. The molecule has 0 spiro atoms. The third-order valence-corrected chi connectivity index (χ3v) is 3.55. The molecule has 4 nitrogen and oxygen atoms in total. The van der Waals surface area contributed by atoms with E-state index < -0.39 is 0 Å². The normalized spacial score (nSPS) is 12.0. The van der Waals surface area contributed by atoms with Crippen LogP contribution in [-0.2, 0) is 6.54 Å². The van der Waals surface area contributed by atoms with E-state index in [9.17, 15) is 0 Å². The first-order valence-corrected chi connectivity index (χ1v) is 7.33. The van der Waals surface area contributed by atoms with E-state index in [-0.39, 0.29) is 6.10 Å². The van der Waals surface area contributed by atoms with E-state index in [0.29, 0.717) is 13.0 Å². The van der Waals surface area contributed by atoms with Crippen LogP contribution in [0.5, 0.6) is 5.75 Å². The van der Waals surface area contributed by atoms with Gasteiger partial charge in [0.1, 0.15) is 5.75 Å². The Labute approximate surface area is 129 Å². The molecule has 2 aromatic carbocycles. The number of hydrogen-bond acceptors (Lipinski definition) is 3. The van der Waals surface area contributed by atoms with Crippen molar-refractivity contribution >= 4 is 11.0 Å². The van der Waals surface area contributed by atoms with Gasteiger partial charge in [-0.15, -0.1) is 0 Å². The summed E-state index contributed by atoms with van der Waals surface area (Å²) in [5.41, 5.74) is 1.97. The van der Waals surface area contributed by atoms with Gasteiger partial charge >= 0.3 is 0 Å². The molecule has 0 N–H and O–H groups in total.